The van der Waals surface area contributed by atoms with Crippen molar-refractivity contribution in [1.29, 1.82) is 0 Å². The van der Waals surface area contributed by atoms with Crippen molar-refractivity contribution < 1.29 is 9.90 Å². The van der Waals surface area contributed by atoms with Crippen molar-refractivity contribution in [1.82, 2.24) is 4.98 Å². The van der Waals surface area contributed by atoms with Crippen LogP contribution in [0.25, 0.3) is 11.3 Å². The van der Waals surface area contributed by atoms with Crippen molar-refractivity contribution in [2.24, 2.45) is 5.73 Å². The average Bonchev–Trinajstić information content (AvgIpc) is 2.64. The number of aryl methyl sites for hydroxylation is 1. The number of nitrogens with two attached hydrogens (primary N) is 1. The SMILES string of the molecule is Cc1ccccc1-c1nc(N(C(N)=O)C2C(Cl)=CC=CC2(C)Cl)ccc1CO. The zero-order valence-corrected chi connectivity index (χ0v) is 17.1. The number of rotatable bonds is 4. The summed E-state index contributed by atoms with van der Waals surface area (Å²) in [5, 5.41) is 10.2. The van der Waals surface area contributed by atoms with Gasteiger partial charge in [0.25, 0.3) is 0 Å². The van der Waals surface area contributed by atoms with E-state index < -0.39 is 16.9 Å². The van der Waals surface area contributed by atoms with Gasteiger partial charge in [0.1, 0.15) is 5.82 Å². The number of primary amides is 1. The number of hydrogen-bond donors (Lipinski definition) is 2. The number of pyridine rings is 1. The molecule has 1 aliphatic carbocycles. The Bertz CT molecular complexity index is 970. The lowest BCUT2D eigenvalue weighted by atomic mass is 9.94. The Kier molecular flexibility index (Phi) is 5.79. The van der Waals surface area contributed by atoms with Gasteiger partial charge in [-0.25, -0.2) is 9.78 Å². The van der Waals surface area contributed by atoms with Crippen LogP contribution in [0.1, 0.15) is 18.1 Å². The molecule has 5 nitrogen and oxygen atoms in total. The standard InChI is InChI=1S/C21H21Cl2N3O2/c1-13-6-3-4-7-15(13)18-14(12-27)9-10-17(25-18)26(20(24)28)19-16(22)8-5-11-21(19,2)23/h3-11,19,27H,12H2,1-2H3,(H2,24,28). The van der Waals surface area contributed by atoms with Crippen LogP contribution in [0.15, 0.2) is 59.7 Å². The van der Waals surface area contributed by atoms with Crippen molar-refractivity contribution in [2.75, 3.05) is 4.90 Å². The zero-order valence-electron chi connectivity index (χ0n) is 15.6. The van der Waals surface area contributed by atoms with Crippen molar-refractivity contribution in [3.63, 3.8) is 0 Å². The molecular formula is C21H21Cl2N3O2. The lowest BCUT2D eigenvalue weighted by Gasteiger charge is -2.38. The van der Waals surface area contributed by atoms with Crippen molar-refractivity contribution in [2.45, 2.75) is 31.4 Å². The molecule has 0 fully saturated rings. The van der Waals surface area contributed by atoms with E-state index in [2.05, 4.69) is 4.98 Å². The highest BCUT2D eigenvalue weighted by Crippen LogP contribution is 2.38. The molecule has 0 bridgehead atoms. The van der Waals surface area contributed by atoms with Crippen molar-refractivity contribution >= 4 is 35.1 Å². The molecule has 3 N–H and O–H groups in total. The molecule has 0 radical (unpaired) electrons. The molecule has 146 valence electrons. The predicted octanol–water partition coefficient (Wildman–Crippen LogP) is 4.49. The van der Waals surface area contributed by atoms with Crippen molar-refractivity contribution in [3.8, 4) is 11.3 Å². The van der Waals surface area contributed by atoms with E-state index in [1.165, 1.54) is 4.90 Å². The number of hydrogen-bond acceptors (Lipinski definition) is 3. The summed E-state index contributed by atoms with van der Waals surface area (Å²) < 4.78 is 0. The highest BCUT2D eigenvalue weighted by molar-refractivity contribution is 6.34. The Labute approximate surface area is 174 Å². The Hall–Kier alpha value is -2.34. The van der Waals surface area contributed by atoms with Gasteiger partial charge < -0.3 is 10.8 Å². The first kappa shape index (κ1) is 20.4. The van der Waals surface area contributed by atoms with E-state index in [4.69, 9.17) is 28.9 Å². The summed E-state index contributed by atoms with van der Waals surface area (Å²) in [6, 6.07) is 9.61. The van der Waals surface area contributed by atoms with Gasteiger partial charge in [-0.1, -0.05) is 54.1 Å². The fourth-order valence-corrected chi connectivity index (χ4v) is 4.08. The second kappa shape index (κ2) is 7.95. The van der Waals surface area contributed by atoms with Gasteiger partial charge in [-0.2, -0.15) is 0 Å². The number of carbonyl (C=O) groups is 1. The van der Waals surface area contributed by atoms with Gasteiger partial charge in [-0.3, -0.25) is 4.90 Å². The molecule has 3 rings (SSSR count). The Morgan fingerprint density at radius 1 is 1.32 bits per heavy atom. The van der Waals surface area contributed by atoms with E-state index in [0.29, 0.717) is 22.1 Å². The van der Waals surface area contributed by atoms with E-state index in [-0.39, 0.29) is 6.61 Å². The number of halogens is 2. The van der Waals surface area contributed by atoms with Gasteiger partial charge in [-0.05, 0) is 31.6 Å². The largest absolute Gasteiger partial charge is 0.392 e. The van der Waals surface area contributed by atoms with Gasteiger partial charge in [-0.15, -0.1) is 11.6 Å². The van der Waals surface area contributed by atoms with Gasteiger partial charge in [0.05, 0.1) is 23.2 Å². The molecule has 1 aliphatic rings. The van der Waals surface area contributed by atoms with Crippen LogP contribution in [0, 0.1) is 6.92 Å². The summed E-state index contributed by atoms with van der Waals surface area (Å²) in [5.41, 5.74) is 8.77. The van der Waals surface area contributed by atoms with E-state index in [0.717, 1.165) is 11.1 Å². The van der Waals surface area contributed by atoms with Crippen LogP contribution in [-0.4, -0.2) is 27.0 Å². The molecule has 1 heterocycles. The third-order valence-electron chi connectivity index (χ3n) is 4.75. The molecule has 0 aliphatic heterocycles. The first-order valence-electron chi connectivity index (χ1n) is 8.75. The summed E-state index contributed by atoms with van der Waals surface area (Å²) >= 11 is 13.0. The maximum absolute atomic E-state index is 12.4. The quantitative estimate of drug-likeness (QED) is 0.718. The number of urea groups is 1. The molecular weight excluding hydrogens is 397 g/mol. The molecule has 0 saturated carbocycles. The van der Waals surface area contributed by atoms with Crippen LogP contribution >= 0.6 is 23.2 Å². The Morgan fingerprint density at radius 2 is 2.04 bits per heavy atom. The maximum atomic E-state index is 12.4. The zero-order chi connectivity index (χ0) is 20.5. The van der Waals surface area contributed by atoms with E-state index in [1.807, 2.05) is 31.2 Å². The van der Waals surface area contributed by atoms with E-state index >= 15 is 0 Å². The summed E-state index contributed by atoms with van der Waals surface area (Å²) in [7, 11) is 0. The number of benzene rings is 1. The van der Waals surface area contributed by atoms with Gasteiger partial charge in [0.15, 0.2) is 0 Å². The van der Waals surface area contributed by atoms with Crippen LogP contribution in [0.3, 0.4) is 0 Å². The normalized spacial score (nSPS) is 21.3. The van der Waals surface area contributed by atoms with Gasteiger partial charge in [0.2, 0.25) is 0 Å². The average molecular weight is 418 g/mol. The monoisotopic (exact) mass is 417 g/mol. The predicted molar refractivity (Wildman–Crippen MR) is 114 cm³/mol. The first-order valence-corrected chi connectivity index (χ1v) is 9.51. The van der Waals surface area contributed by atoms with Crippen LogP contribution in [-0.2, 0) is 6.61 Å². The summed E-state index contributed by atoms with van der Waals surface area (Å²) in [6.07, 6.45) is 5.17. The number of nitrogens with zero attached hydrogens (tertiary/aromatic N) is 2. The molecule has 2 unspecified atom stereocenters. The minimum atomic E-state index is -0.957. The number of amides is 2. The van der Waals surface area contributed by atoms with Crippen molar-refractivity contribution in [3.05, 3.63) is 70.8 Å². The van der Waals surface area contributed by atoms with Crippen LogP contribution in [0.2, 0.25) is 0 Å². The summed E-state index contributed by atoms with van der Waals surface area (Å²) in [4.78, 5) is 17.4. The smallest absolute Gasteiger partial charge is 0.321 e. The van der Waals surface area contributed by atoms with Gasteiger partial charge in [0, 0.05) is 16.2 Å². The molecule has 2 atom stereocenters. The fourth-order valence-electron chi connectivity index (χ4n) is 3.34. The number of carbonyl (C=O) groups excluding carboxylic acids is 1. The lowest BCUT2D eigenvalue weighted by Crippen LogP contribution is -2.53. The third kappa shape index (κ3) is 3.78. The number of alkyl halides is 1. The number of aliphatic hydroxyl groups excluding tert-OH is 1. The lowest BCUT2D eigenvalue weighted by molar-refractivity contribution is 0.251. The molecule has 0 saturated heterocycles. The Balaban J connectivity index is 2.17. The minimum absolute atomic E-state index is 0.187. The highest BCUT2D eigenvalue weighted by Gasteiger charge is 2.41. The van der Waals surface area contributed by atoms with Crippen LogP contribution in [0.4, 0.5) is 10.6 Å². The molecule has 1 aromatic heterocycles. The van der Waals surface area contributed by atoms with E-state index in [1.54, 1.807) is 37.3 Å². The molecule has 2 amide bonds. The fraction of sp³-hybridized carbons (Fsp3) is 0.238. The van der Waals surface area contributed by atoms with Crippen LogP contribution < -0.4 is 10.6 Å². The van der Waals surface area contributed by atoms with E-state index in [9.17, 15) is 9.90 Å². The topological polar surface area (TPSA) is 79.5 Å². The molecule has 28 heavy (non-hydrogen) atoms. The molecule has 2 aromatic rings. The molecule has 7 heteroatoms. The first-order chi connectivity index (χ1) is 13.3. The van der Waals surface area contributed by atoms with Crippen LogP contribution in [0.5, 0.6) is 0 Å². The number of allylic oxidation sites excluding steroid dienone is 2. The highest BCUT2D eigenvalue weighted by atomic mass is 35.5. The number of aromatic nitrogens is 1. The number of anilines is 1. The molecule has 0 spiro atoms. The second-order valence-electron chi connectivity index (χ2n) is 6.82. The third-order valence-corrected chi connectivity index (χ3v) is 5.42. The minimum Gasteiger partial charge on any atom is -0.392 e. The number of aliphatic hydroxyl groups is 1. The maximum Gasteiger partial charge on any atom is 0.321 e. The summed E-state index contributed by atoms with van der Waals surface area (Å²) in [5.74, 6) is 0.307. The Morgan fingerprint density at radius 3 is 2.64 bits per heavy atom. The summed E-state index contributed by atoms with van der Waals surface area (Å²) in [6.45, 7) is 3.52. The molecule has 1 aromatic carbocycles. The van der Waals surface area contributed by atoms with Gasteiger partial charge >= 0.3 is 6.03 Å². The second-order valence-corrected chi connectivity index (χ2v) is 8.07.